The van der Waals surface area contributed by atoms with Crippen molar-refractivity contribution in [1.82, 2.24) is 4.90 Å². The number of carbonyl (C=O) groups is 3. The van der Waals surface area contributed by atoms with Crippen LogP contribution in [0.3, 0.4) is 0 Å². The lowest BCUT2D eigenvalue weighted by molar-refractivity contribution is -0.137. The van der Waals surface area contributed by atoms with E-state index in [1.54, 1.807) is 60.7 Å². The van der Waals surface area contributed by atoms with Gasteiger partial charge in [0.15, 0.2) is 0 Å². The first-order valence-electron chi connectivity index (χ1n) is 7.27. The first-order valence-corrected chi connectivity index (χ1v) is 7.27. The van der Waals surface area contributed by atoms with Crippen LogP contribution in [0.2, 0.25) is 0 Å². The van der Waals surface area contributed by atoms with E-state index in [9.17, 15) is 14.4 Å². The van der Waals surface area contributed by atoms with Gasteiger partial charge in [0.1, 0.15) is 0 Å². The summed E-state index contributed by atoms with van der Waals surface area (Å²) in [5.41, 5.74) is 0.791. The molecule has 0 saturated heterocycles. The summed E-state index contributed by atoms with van der Waals surface area (Å²) in [6.45, 7) is 0.0632. The number of nitrogens with zero attached hydrogens (tertiary/aromatic N) is 1. The number of aliphatic carboxylic acids is 1. The number of carboxylic acids is 1. The van der Waals surface area contributed by atoms with Gasteiger partial charge in [0.25, 0.3) is 11.8 Å². The minimum absolute atomic E-state index is 0.0632. The lowest BCUT2D eigenvalue weighted by Gasteiger charge is -2.21. The summed E-state index contributed by atoms with van der Waals surface area (Å²) in [5, 5.41) is 8.75. The van der Waals surface area contributed by atoms with Gasteiger partial charge in [-0.25, -0.2) is 0 Å². The van der Waals surface area contributed by atoms with E-state index in [2.05, 4.69) is 0 Å². The highest BCUT2D eigenvalue weighted by Crippen LogP contribution is 2.11. The van der Waals surface area contributed by atoms with E-state index < -0.39 is 17.8 Å². The van der Waals surface area contributed by atoms with Crippen molar-refractivity contribution in [2.45, 2.75) is 12.8 Å². The molecule has 0 atom stereocenters. The molecule has 0 fully saturated rings. The average Bonchev–Trinajstić information content (AvgIpc) is 2.59. The minimum Gasteiger partial charge on any atom is -0.481 e. The number of imide groups is 1. The van der Waals surface area contributed by atoms with Gasteiger partial charge in [0.05, 0.1) is 0 Å². The highest BCUT2D eigenvalue weighted by molar-refractivity contribution is 6.10. The quantitative estimate of drug-likeness (QED) is 0.832. The molecule has 118 valence electrons. The minimum atomic E-state index is -0.954. The molecule has 2 aromatic carbocycles. The van der Waals surface area contributed by atoms with Crippen molar-refractivity contribution >= 4 is 17.8 Å². The summed E-state index contributed by atoms with van der Waals surface area (Å²) < 4.78 is 0. The lowest BCUT2D eigenvalue weighted by Crippen LogP contribution is -2.38. The molecular formula is C18H17NO4. The number of rotatable bonds is 6. The highest BCUT2D eigenvalue weighted by Gasteiger charge is 2.23. The van der Waals surface area contributed by atoms with Crippen molar-refractivity contribution < 1.29 is 19.5 Å². The van der Waals surface area contributed by atoms with Gasteiger partial charge >= 0.3 is 5.97 Å². The van der Waals surface area contributed by atoms with Crippen molar-refractivity contribution in [3.63, 3.8) is 0 Å². The van der Waals surface area contributed by atoms with Gasteiger partial charge in [-0.2, -0.15) is 0 Å². The maximum absolute atomic E-state index is 12.6. The molecule has 5 heteroatoms. The van der Waals surface area contributed by atoms with Gasteiger partial charge in [-0.1, -0.05) is 36.4 Å². The predicted octanol–water partition coefficient (Wildman–Crippen LogP) is 2.83. The van der Waals surface area contributed by atoms with Gasteiger partial charge in [-0.3, -0.25) is 19.3 Å². The Morgan fingerprint density at radius 3 is 1.61 bits per heavy atom. The number of hydrogen-bond donors (Lipinski definition) is 1. The van der Waals surface area contributed by atoms with Crippen LogP contribution in [0.25, 0.3) is 0 Å². The lowest BCUT2D eigenvalue weighted by atomic mass is 10.1. The molecule has 0 radical (unpaired) electrons. The largest absolute Gasteiger partial charge is 0.481 e. The second-order valence-electron chi connectivity index (χ2n) is 4.99. The Morgan fingerprint density at radius 1 is 0.783 bits per heavy atom. The number of amides is 2. The first-order chi connectivity index (χ1) is 11.1. The van der Waals surface area contributed by atoms with Crippen LogP contribution in [0.4, 0.5) is 0 Å². The van der Waals surface area contributed by atoms with Gasteiger partial charge < -0.3 is 5.11 Å². The zero-order valence-electron chi connectivity index (χ0n) is 12.5. The molecule has 1 N–H and O–H groups in total. The first kappa shape index (κ1) is 16.4. The topological polar surface area (TPSA) is 74.7 Å². The van der Waals surface area contributed by atoms with E-state index in [4.69, 9.17) is 5.11 Å². The second kappa shape index (κ2) is 7.89. The fraction of sp³-hybridized carbons (Fsp3) is 0.167. The van der Waals surface area contributed by atoms with Gasteiger partial charge in [-0.05, 0) is 30.7 Å². The summed E-state index contributed by atoms with van der Waals surface area (Å²) >= 11 is 0. The zero-order valence-corrected chi connectivity index (χ0v) is 12.5. The SMILES string of the molecule is O=C(O)CCCN(C(=O)c1ccccc1)C(=O)c1ccccc1. The number of hydrogen-bond acceptors (Lipinski definition) is 3. The van der Waals surface area contributed by atoms with Crippen LogP contribution in [0, 0.1) is 0 Å². The summed E-state index contributed by atoms with van der Waals surface area (Å²) in [6.07, 6.45) is 0.118. The number of carboxylic acid groups (broad SMARTS) is 1. The fourth-order valence-electron chi connectivity index (χ4n) is 2.16. The van der Waals surface area contributed by atoms with Crippen LogP contribution in [0.1, 0.15) is 33.6 Å². The smallest absolute Gasteiger partial charge is 0.303 e. The second-order valence-corrected chi connectivity index (χ2v) is 4.99. The number of carbonyl (C=O) groups excluding carboxylic acids is 2. The summed E-state index contributed by atoms with van der Waals surface area (Å²) in [5.74, 6) is -1.81. The van der Waals surface area contributed by atoms with Crippen molar-refractivity contribution in [2.75, 3.05) is 6.54 Å². The van der Waals surface area contributed by atoms with Crippen LogP contribution in [0.5, 0.6) is 0 Å². The third kappa shape index (κ3) is 4.51. The maximum Gasteiger partial charge on any atom is 0.303 e. The molecule has 0 aliphatic heterocycles. The fourth-order valence-corrected chi connectivity index (χ4v) is 2.16. The molecular weight excluding hydrogens is 294 g/mol. The Balaban J connectivity index is 2.22. The van der Waals surface area contributed by atoms with Crippen LogP contribution < -0.4 is 0 Å². The molecule has 0 aliphatic carbocycles. The van der Waals surface area contributed by atoms with Crippen molar-refractivity contribution in [3.05, 3.63) is 71.8 Å². The van der Waals surface area contributed by atoms with E-state index in [0.29, 0.717) is 11.1 Å². The summed E-state index contributed by atoms with van der Waals surface area (Å²) in [7, 11) is 0. The van der Waals surface area contributed by atoms with Crippen LogP contribution in [-0.2, 0) is 4.79 Å². The molecule has 0 spiro atoms. The zero-order chi connectivity index (χ0) is 16.7. The van der Waals surface area contributed by atoms with E-state index >= 15 is 0 Å². The maximum atomic E-state index is 12.6. The molecule has 2 amide bonds. The molecule has 5 nitrogen and oxygen atoms in total. The van der Waals surface area contributed by atoms with E-state index in [-0.39, 0.29) is 19.4 Å². The van der Waals surface area contributed by atoms with Gasteiger partial charge in [0.2, 0.25) is 0 Å². The van der Waals surface area contributed by atoms with Crippen molar-refractivity contribution in [3.8, 4) is 0 Å². The Kier molecular flexibility index (Phi) is 5.63. The molecule has 0 heterocycles. The van der Waals surface area contributed by atoms with Gasteiger partial charge in [-0.15, -0.1) is 0 Å². The summed E-state index contributed by atoms with van der Waals surface area (Å²) in [6, 6.07) is 17.0. The average molecular weight is 311 g/mol. The van der Waals surface area contributed by atoms with E-state index in [0.717, 1.165) is 4.90 Å². The highest BCUT2D eigenvalue weighted by atomic mass is 16.4. The number of benzene rings is 2. The molecule has 0 aliphatic rings. The molecule has 2 aromatic rings. The normalized spacial score (nSPS) is 10.1. The molecule has 0 unspecified atom stereocenters. The predicted molar refractivity (Wildman–Crippen MR) is 85.1 cm³/mol. The van der Waals surface area contributed by atoms with Crippen molar-refractivity contribution in [1.29, 1.82) is 0 Å². The van der Waals surface area contributed by atoms with Crippen molar-refractivity contribution in [2.24, 2.45) is 0 Å². The van der Waals surface area contributed by atoms with Gasteiger partial charge in [0, 0.05) is 24.1 Å². The third-order valence-electron chi connectivity index (χ3n) is 3.30. The van der Waals surface area contributed by atoms with Crippen LogP contribution in [-0.4, -0.2) is 34.3 Å². The molecule has 2 rings (SSSR count). The third-order valence-corrected chi connectivity index (χ3v) is 3.30. The van der Waals surface area contributed by atoms with E-state index in [1.807, 2.05) is 0 Å². The molecule has 0 aromatic heterocycles. The monoisotopic (exact) mass is 311 g/mol. The van der Waals surface area contributed by atoms with Crippen LogP contribution in [0.15, 0.2) is 60.7 Å². The Labute approximate surface area is 134 Å². The van der Waals surface area contributed by atoms with Crippen LogP contribution >= 0.6 is 0 Å². The van der Waals surface area contributed by atoms with E-state index in [1.165, 1.54) is 0 Å². The Bertz CT molecular complexity index is 631. The Morgan fingerprint density at radius 2 is 1.22 bits per heavy atom. The Hall–Kier alpha value is -2.95. The standard InChI is InChI=1S/C18H17NO4/c20-16(21)12-7-13-19(17(22)14-8-3-1-4-9-14)18(23)15-10-5-2-6-11-15/h1-6,8-11H,7,12-13H2,(H,20,21). The molecule has 0 bridgehead atoms. The molecule has 23 heavy (non-hydrogen) atoms. The molecule has 0 saturated carbocycles. The summed E-state index contributed by atoms with van der Waals surface area (Å²) in [4.78, 5) is 37.0.